The van der Waals surface area contributed by atoms with Gasteiger partial charge in [0.25, 0.3) is 0 Å². The molecule has 2 aromatic rings. The van der Waals surface area contributed by atoms with Crippen LogP contribution in [0.25, 0.3) is 0 Å². The van der Waals surface area contributed by atoms with Gasteiger partial charge in [-0.1, -0.05) is 0 Å². The van der Waals surface area contributed by atoms with Crippen LogP contribution < -0.4 is 4.74 Å². The van der Waals surface area contributed by atoms with Gasteiger partial charge in [0.2, 0.25) is 0 Å². The highest BCUT2D eigenvalue weighted by Gasteiger charge is 2.19. The molecule has 0 saturated carbocycles. The van der Waals surface area contributed by atoms with E-state index in [0.717, 1.165) is 5.56 Å². The highest BCUT2D eigenvalue weighted by atomic mass is 79.9. The number of halogens is 1. The Bertz CT molecular complexity index is 705. The molecule has 0 aliphatic heterocycles. The maximum absolute atomic E-state index is 10.7. The van der Waals surface area contributed by atoms with Gasteiger partial charge in [0.1, 0.15) is 10.2 Å². The Balaban J connectivity index is 2.36. The molecule has 0 spiro atoms. The number of nitrogens with zero attached hydrogens (tertiary/aromatic N) is 4. The summed E-state index contributed by atoms with van der Waals surface area (Å²) < 4.78 is 6.93. The summed E-state index contributed by atoms with van der Waals surface area (Å²) in [5, 5.41) is 23.5. The molecule has 1 aromatic carbocycles. The number of methoxy groups -OCH3 is 1. The van der Waals surface area contributed by atoms with Gasteiger partial charge in [0, 0.05) is 5.56 Å². The molecule has 0 atom stereocenters. The highest BCUT2D eigenvalue weighted by molar-refractivity contribution is 9.10. The number of nitriles is 1. The molecule has 8 heteroatoms. The van der Waals surface area contributed by atoms with Crippen LogP contribution in [0.3, 0.4) is 0 Å². The van der Waals surface area contributed by atoms with Crippen molar-refractivity contribution in [2.75, 3.05) is 7.11 Å². The van der Waals surface area contributed by atoms with E-state index in [0.29, 0.717) is 15.8 Å². The monoisotopic (exact) mass is 336 g/mol. The molecule has 7 nitrogen and oxygen atoms in total. The summed E-state index contributed by atoms with van der Waals surface area (Å²) in [6.45, 7) is 0.269. The van der Waals surface area contributed by atoms with Crippen LogP contribution in [0.5, 0.6) is 5.75 Å². The first-order chi connectivity index (χ1) is 9.55. The Morgan fingerprint density at radius 3 is 2.90 bits per heavy atom. The smallest absolute Gasteiger partial charge is 0.404 e. The van der Waals surface area contributed by atoms with Crippen LogP contribution in [0.15, 0.2) is 28.9 Å². The standard InChI is InChI=1S/C12H9BrN4O3/c1-20-11-3-2-8(5-14)4-9(11)6-16-7-10(13)12(15-16)17(18)19/h2-4,7H,6H2,1H3. The summed E-state index contributed by atoms with van der Waals surface area (Å²) in [6.07, 6.45) is 1.51. The molecule has 0 N–H and O–H groups in total. The first-order valence-corrected chi connectivity index (χ1v) is 6.29. The lowest BCUT2D eigenvalue weighted by Gasteiger charge is -2.07. The van der Waals surface area contributed by atoms with Gasteiger partial charge >= 0.3 is 5.82 Å². The molecule has 0 radical (unpaired) electrons. The van der Waals surface area contributed by atoms with E-state index >= 15 is 0 Å². The van der Waals surface area contributed by atoms with E-state index < -0.39 is 4.92 Å². The second-order valence-electron chi connectivity index (χ2n) is 3.89. The van der Waals surface area contributed by atoms with Crippen molar-refractivity contribution in [3.05, 3.63) is 50.1 Å². The van der Waals surface area contributed by atoms with Gasteiger partial charge in [0.15, 0.2) is 0 Å². The molecule has 0 unspecified atom stereocenters. The molecule has 0 saturated heterocycles. The lowest BCUT2D eigenvalue weighted by atomic mass is 10.1. The third-order valence-electron chi connectivity index (χ3n) is 2.61. The zero-order valence-electron chi connectivity index (χ0n) is 10.4. The summed E-state index contributed by atoms with van der Waals surface area (Å²) in [5.74, 6) is 0.346. The summed E-state index contributed by atoms with van der Waals surface area (Å²) in [5.41, 5.74) is 1.21. The van der Waals surface area contributed by atoms with Gasteiger partial charge in [-0.05, 0) is 39.1 Å². The number of nitro groups is 1. The van der Waals surface area contributed by atoms with Crippen LogP contribution in [0.4, 0.5) is 5.82 Å². The second kappa shape index (κ2) is 5.71. The minimum absolute atomic E-state index is 0.250. The third kappa shape index (κ3) is 2.78. The van der Waals surface area contributed by atoms with Gasteiger partial charge in [-0.3, -0.25) is 0 Å². The lowest BCUT2D eigenvalue weighted by molar-refractivity contribution is -0.390. The summed E-state index contributed by atoms with van der Waals surface area (Å²) in [7, 11) is 1.52. The van der Waals surface area contributed by atoms with Gasteiger partial charge in [-0.25, -0.2) is 0 Å². The molecule has 0 fully saturated rings. The molecule has 0 bridgehead atoms. The molecule has 1 heterocycles. The number of benzene rings is 1. The van der Waals surface area contributed by atoms with Crippen molar-refractivity contribution in [1.29, 1.82) is 5.26 Å². The van der Waals surface area contributed by atoms with E-state index in [4.69, 9.17) is 10.00 Å². The summed E-state index contributed by atoms with van der Waals surface area (Å²) >= 11 is 3.09. The van der Waals surface area contributed by atoms with Crippen LogP contribution in [-0.2, 0) is 6.54 Å². The summed E-state index contributed by atoms with van der Waals surface area (Å²) in [6, 6.07) is 7.03. The zero-order chi connectivity index (χ0) is 14.7. The predicted octanol–water partition coefficient (Wildman–Crippen LogP) is 2.48. The van der Waals surface area contributed by atoms with E-state index in [9.17, 15) is 10.1 Å². The predicted molar refractivity (Wildman–Crippen MR) is 73.4 cm³/mol. The fourth-order valence-corrected chi connectivity index (χ4v) is 2.20. The quantitative estimate of drug-likeness (QED) is 0.631. The minimum atomic E-state index is -0.566. The highest BCUT2D eigenvalue weighted by Crippen LogP contribution is 2.25. The Kier molecular flexibility index (Phi) is 4.00. The molecule has 102 valence electrons. The number of rotatable bonds is 4. The molecule has 1 aromatic heterocycles. The van der Waals surface area contributed by atoms with Crippen LogP contribution in [-0.4, -0.2) is 21.8 Å². The fraction of sp³-hybridized carbons (Fsp3) is 0.167. The molecule has 0 aliphatic rings. The largest absolute Gasteiger partial charge is 0.496 e. The van der Waals surface area contributed by atoms with Crippen molar-refractivity contribution < 1.29 is 9.66 Å². The van der Waals surface area contributed by atoms with E-state index in [2.05, 4.69) is 21.0 Å². The van der Waals surface area contributed by atoms with Crippen LogP contribution >= 0.6 is 15.9 Å². The van der Waals surface area contributed by atoms with E-state index in [1.165, 1.54) is 18.0 Å². The normalized spacial score (nSPS) is 10.1. The minimum Gasteiger partial charge on any atom is -0.496 e. The fourth-order valence-electron chi connectivity index (χ4n) is 1.74. The second-order valence-corrected chi connectivity index (χ2v) is 4.75. The van der Waals surface area contributed by atoms with Crippen LogP contribution in [0.2, 0.25) is 0 Å². The first-order valence-electron chi connectivity index (χ1n) is 5.49. The van der Waals surface area contributed by atoms with Gasteiger partial charge < -0.3 is 14.9 Å². The number of ether oxygens (including phenoxy) is 1. The Morgan fingerprint density at radius 2 is 2.35 bits per heavy atom. The van der Waals surface area contributed by atoms with Crippen molar-refractivity contribution >= 4 is 21.7 Å². The number of hydrogen-bond donors (Lipinski definition) is 0. The topological polar surface area (TPSA) is 94.0 Å². The van der Waals surface area contributed by atoms with Gasteiger partial charge in [-0.2, -0.15) is 9.94 Å². The lowest BCUT2D eigenvalue weighted by Crippen LogP contribution is -2.03. The van der Waals surface area contributed by atoms with Crippen molar-refractivity contribution in [3.8, 4) is 11.8 Å². The molecule has 20 heavy (non-hydrogen) atoms. The summed E-state index contributed by atoms with van der Waals surface area (Å²) in [4.78, 5) is 10.2. The van der Waals surface area contributed by atoms with Crippen molar-refractivity contribution in [3.63, 3.8) is 0 Å². The van der Waals surface area contributed by atoms with E-state index in [1.54, 1.807) is 18.2 Å². The average molecular weight is 337 g/mol. The number of hydrogen-bond acceptors (Lipinski definition) is 5. The Morgan fingerprint density at radius 1 is 1.60 bits per heavy atom. The zero-order valence-corrected chi connectivity index (χ0v) is 12.0. The van der Waals surface area contributed by atoms with Crippen molar-refractivity contribution in [2.45, 2.75) is 6.54 Å². The maximum Gasteiger partial charge on any atom is 0.404 e. The molecule has 0 aliphatic carbocycles. The Hall–Kier alpha value is -2.40. The van der Waals surface area contributed by atoms with Crippen molar-refractivity contribution in [2.24, 2.45) is 0 Å². The van der Waals surface area contributed by atoms with Crippen molar-refractivity contribution in [1.82, 2.24) is 9.78 Å². The SMILES string of the molecule is COc1ccc(C#N)cc1Cn1cc(Br)c([N+](=O)[O-])n1. The molecular weight excluding hydrogens is 328 g/mol. The van der Waals surface area contributed by atoms with E-state index in [1.807, 2.05) is 6.07 Å². The van der Waals surface area contributed by atoms with E-state index in [-0.39, 0.29) is 12.4 Å². The molecule has 2 rings (SSSR count). The first kappa shape index (κ1) is 14.0. The molecular formula is C12H9BrN4O3. The van der Waals surface area contributed by atoms with Gasteiger partial charge in [-0.15, -0.1) is 0 Å². The van der Waals surface area contributed by atoms with Crippen LogP contribution in [0.1, 0.15) is 11.1 Å². The molecule has 0 amide bonds. The Labute approximate surface area is 122 Å². The average Bonchev–Trinajstić information content (AvgIpc) is 2.79. The maximum atomic E-state index is 10.7. The van der Waals surface area contributed by atoms with Crippen LogP contribution in [0, 0.1) is 21.4 Å². The van der Waals surface area contributed by atoms with Gasteiger partial charge in [0.05, 0.1) is 36.6 Å². The number of aromatic nitrogens is 2. The third-order valence-corrected chi connectivity index (χ3v) is 3.17.